The lowest BCUT2D eigenvalue weighted by Crippen LogP contribution is -2.42. The van der Waals surface area contributed by atoms with Crippen molar-refractivity contribution in [3.63, 3.8) is 0 Å². The highest BCUT2D eigenvalue weighted by Crippen LogP contribution is 2.12. The van der Waals surface area contributed by atoms with E-state index in [9.17, 15) is 9.90 Å². The summed E-state index contributed by atoms with van der Waals surface area (Å²) in [6, 6.07) is 10.0. The van der Waals surface area contributed by atoms with Crippen LogP contribution in [0.2, 0.25) is 0 Å². The molecule has 1 rings (SSSR count). The third kappa shape index (κ3) is 7.93. The van der Waals surface area contributed by atoms with Gasteiger partial charge in [-0.15, -0.1) is 0 Å². The molecule has 1 aromatic carbocycles. The molecule has 2 N–H and O–H groups in total. The Balaban J connectivity index is 2.28. The number of hydrogen-bond acceptors (Lipinski definition) is 3. The van der Waals surface area contributed by atoms with Crippen molar-refractivity contribution in [3.05, 3.63) is 35.9 Å². The van der Waals surface area contributed by atoms with Crippen molar-refractivity contribution in [1.82, 2.24) is 5.32 Å². The zero-order valence-corrected chi connectivity index (χ0v) is 13.6. The molecule has 0 bridgehead atoms. The van der Waals surface area contributed by atoms with Crippen LogP contribution in [0.4, 0.5) is 4.79 Å². The van der Waals surface area contributed by atoms with Gasteiger partial charge in [-0.25, -0.2) is 4.79 Å². The molecule has 0 saturated carbocycles. The number of alkyl carbamates (subject to hydrolysis) is 1. The number of carbonyl (C=O) groups excluding carboxylic acids is 1. The van der Waals surface area contributed by atoms with Crippen molar-refractivity contribution in [3.8, 4) is 0 Å². The molecule has 0 fully saturated rings. The number of nitrogens with one attached hydrogen (secondary N) is 1. The minimum absolute atomic E-state index is 0.513. The van der Waals surface area contributed by atoms with Crippen LogP contribution in [0.1, 0.15) is 39.2 Å². The van der Waals surface area contributed by atoms with Crippen LogP contribution >= 0.6 is 11.6 Å². The number of benzene rings is 1. The summed E-state index contributed by atoms with van der Waals surface area (Å²) in [5.41, 5.74) is -0.217. The van der Waals surface area contributed by atoms with Crippen LogP contribution in [0.15, 0.2) is 30.3 Å². The van der Waals surface area contributed by atoms with E-state index in [-0.39, 0.29) is 0 Å². The van der Waals surface area contributed by atoms with Gasteiger partial charge >= 0.3 is 6.09 Å². The van der Waals surface area contributed by atoms with Crippen LogP contribution in [-0.4, -0.2) is 28.4 Å². The maximum Gasteiger partial charge on any atom is 0.408 e. The van der Waals surface area contributed by atoms with E-state index in [4.69, 9.17) is 16.3 Å². The molecule has 0 aromatic heterocycles. The van der Waals surface area contributed by atoms with Gasteiger partial charge in [0.2, 0.25) is 0 Å². The highest BCUT2D eigenvalue weighted by molar-refractivity contribution is 6.21. The first-order chi connectivity index (χ1) is 9.78. The van der Waals surface area contributed by atoms with Gasteiger partial charge in [0.25, 0.3) is 0 Å². The van der Waals surface area contributed by atoms with E-state index < -0.39 is 23.3 Å². The first-order valence-corrected chi connectivity index (χ1v) is 7.57. The Bertz CT molecular complexity index is 431. The van der Waals surface area contributed by atoms with E-state index in [0.29, 0.717) is 6.42 Å². The Hall–Kier alpha value is -1.26. The molecule has 0 aliphatic heterocycles. The third-order valence-electron chi connectivity index (χ3n) is 2.80. The molecule has 5 heteroatoms. The fourth-order valence-corrected chi connectivity index (χ4v) is 2.04. The third-order valence-corrected chi connectivity index (χ3v) is 3.20. The van der Waals surface area contributed by atoms with E-state index in [1.54, 1.807) is 20.8 Å². The fourth-order valence-electron chi connectivity index (χ4n) is 1.82. The number of carbonyl (C=O) groups is 1. The van der Waals surface area contributed by atoms with Crippen LogP contribution in [0.3, 0.4) is 0 Å². The van der Waals surface area contributed by atoms with Crippen LogP contribution in [0, 0.1) is 0 Å². The van der Waals surface area contributed by atoms with E-state index in [2.05, 4.69) is 5.32 Å². The molecule has 1 amide bonds. The molecule has 0 spiro atoms. The van der Waals surface area contributed by atoms with Gasteiger partial charge in [0, 0.05) is 0 Å². The number of halogens is 1. The number of ether oxygens (including phenoxy) is 1. The number of hydrogen-bond donors (Lipinski definition) is 2. The Kier molecular flexibility index (Phi) is 6.99. The normalized spacial score (nSPS) is 14.3. The fraction of sp³-hybridized carbons (Fsp3) is 0.562. The summed E-state index contributed by atoms with van der Waals surface area (Å²) in [7, 11) is 0. The molecule has 0 radical (unpaired) electrons. The summed E-state index contributed by atoms with van der Waals surface area (Å²) in [5.74, 6) is 0. The van der Waals surface area contributed by atoms with Crippen LogP contribution in [0.25, 0.3) is 0 Å². The lowest BCUT2D eigenvalue weighted by molar-refractivity contribution is 0.0466. The smallest absolute Gasteiger partial charge is 0.408 e. The Morgan fingerprint density at radius 1 is 1.33 bits per heavy atom. The summed E-state index contributed by atoms with van der Waals surface area (Å²) in [5, 5.41) is 12.4. The maximum atomic E-state index is 11.5. The van der Waals surface area contributed by atoms with Crippen molar-refractivity contribution in [2.45, 2.75) is 57.2 Å². The molecule has 0 aliphatic carbocycles. The average Bonchev–Trinajstić information content (AvgIpc) is 2.37. The number of aliphatic hydroxyl groups is 1. The number of aliphatic hydroxyl groups excluding tert-OH is 1. The molecule has 0 heterocycles. The topological polar surface area (TPSA) is 58.6 Å². The Morgan fingerprint density at radius 2 is 1.95 bits per heavy atom. The molecule has 4 nitrogen and oxygen atoms in total. The summed E-state index contributed by atoms with van der Waals surface area (Å²) >= 11 is 5.97. The van der Waals surface area contributed by atoms with E-state index in [1.807, 2.05) is 30.3 Å². The van der Waals surface area contributed by atoms with Gasteiger partial charge in [-0.3, -0.25) is 0 Å². The van der Waals surface area contributed by atoms with Gasteiger partial charge in [0.15, 0.2) is 0 Å². The molecule has 1 aromatic rings. The number of amides is 1. The molecule has 0 aliphatic rings. The Labute approximate surface area is 131 Å². The maximum absolute atomic E-state index is 11.5. The van der Waals surface area contributed by atoms with Gasteiger partial charge in [-0.05, 0) is 45.6 Å². The van der Waals surface area contributed by atoms with Crippen LogP contribution < -0.4 is 5.32 Å². The second-order valence-electron chi connectivity index (χ2n) is 5.99. The first-order valence-electron chi connectivity index (χ1n) is 7.13. The lowest BCUT2D eigenvalue weighted by atomic mass is 10.1. The predicted molar refractivity (Wildman–Crippen MR) is 84.4 cm³/mol. The van der Waals surface area contributed by atoms with E-state index in [0.717, 1.165) is 12.8 Å². The molecular weight excluding hydrogens is 290 g/mol. The van der Waals surface area contributed by atoms with E-state index in [1.165, 1.54) is 5.56 Å². The van der Waals surface area contributed by atoms with Crippen molar-refractivity contribution < 1.29 is 14.6 Å². The largest absolute Gasteiger partial charge is 0.444 e. The highest BCUT2D eigenvalue weighted by atomic mass is 35.5. The quantitative estimate of drug-likeness (QED) is 0.624. The summed E-state index contributed by atoms with van der Waals surface area (Å²) in [6.45, 7) is 5.31. The summed E-state index contributed by atoms with van der Waals surface area (Å²) in [4.78, 5) is 11.5. The highest BCUT2D eigenvalue weighted by Gasteiger charge is 2.22. The predicted octanol–water partition coefficient (Wildman–Crippen LogP) is 3.46. The van der Waals surface area contributed by atoms with Gasteiger partial charge in [0.05, 0.1) is 6.10 Å². The molecular formula is C16H24ClNO3. The van der Waals surface area contributed by atoms with Crippen molar-refractivity contribution in [2.75, 3.05) is 0 Å². The molecule has 21 heavy (non-hydrogen) atoms. The minimum atomic E-state index is -0.851. The van der Waals surface area contributed by atoms with Crippen LogP contribution in [-0.2, 0) is 11.2 Å². The van der Waals surface area contributed by atoms with Gasteiger partial charge < -0.3 is 15.2 Å². The van der Waals surface area contributed by atoms with Crippen LogP contribution in [0.5, 0.6) is 0 Å². The SMILES string of the molecule is CC(C)(C)OC(=O)N[C@@H](Cl)[C@@H](O)CCCc1ccccc1. The van der Waals surface area contributed by atoms with Gasteiger partial charge in [0.1, 0.15) is 11.1 Å². The number of rotatable bonds is 6. The van der Waals surface area contributed by atoms with Crippen molar-refractivity contribution in [1.29, 1.82) is 0 Å². The second-order valence-corrected chi connectivity index (χ2v) is 6.46. The summed E-state index contributed by atoms with van der Waals surface area (Å²) < 4.78 is 5.09. The molecule has 118 valence electrons. The average molecular weight is 314 g/mol. The second kappa shape index (κ2) is 8.25. The number of aryl methyl sites for hydroxylation is 1. The van der Waals surface area contributed by atoms with Crippen molar-refractivity contribution in [2.24, 2.45) is 0 Å². The first kappa shape index (κ1) is 17.8. The zero-order valence-electron chi connectivity index (χ0n) is 12.8. The monoisotopic (exact) mass is 313 g/mol. The van der Waals surface area contributed by atoms with E-state index >= 15 is 0 Å². The summed E-state index contributed by atoms with van der Waals surface area (Å²) in [6.07, 6.45) is 0.754. The van der Waals surface area contributed by atoms with Crippen molar-refractivity contribution >= 4 is 17.7 Å². The van der Waals surface area contributed by atoms with Gasteiger partial charge in [-0.1, -0.05) is 41.9 Å². The molecule has 0 saturated heterocycles. The Morgan fingerprint density at radius 3 is 2.52 bits per heavy atom. The van der Waals surface area contributed by atoms with Gasteiger partial charge in [-0.2, -0.15) is 0 Å². The molecule has 0 unspecified atom stereocenters. The minimum Gasteiger partial charge on any atom is -0.444 e. The lowest BCUT2D eigenvalue weighted by Gasteiger charge is -2.23. The molecule has 2 atom stereocenters. The standard InChI is InChI=1S/C16H24ClNO3/c1-16(2,3)21-15(20)18-14(17)13(19)11-7-10-12-8-5-4-6-9-12/h4-6,8-9,13-14,19H,7,10-11H2,1-3H3,(H,18,20)/t13-,14+/m0/s1. The zero-order chi connectivity index (χ0) is 15.9. The number of alkyl halides is 1.